The lowest BCUT2D eigenvalue weighted by Gasteiger charge is -2.09. The van der Waals surface area contributed by atoms with E-state index in [1.165, 1.54) is 4.90 Å². The van der Waals surface area contributed by atoms with Gasteiger partial charge in [0, 0.05) is 19.0 Å². The zero-order valence-corrected chi connectivity index (χ0v) is 11.6. The van der Waals surface area contributed by atoms with Crippen molar-refractivity contribution in [1.82, 2.24) is 4.90 Å². The van der Waals surface area contributed by atoms with E-state index >= 15 is 0 Å². The number of hydrogen-bond acceptors (Lipinski definition) is 4. The van der Waals surface area contributed by atoms with Crippen LogP contribution in [-0.4, -0.2) is 36.8 Å². The summed E-state index contributed by atoms with van der Waals surface area (Å²) < 4.78 is 4.87. The van der Waals surface area contributed by atoms with Gasteiger partial charge in [-0.1, -0.05) is 12.1 Å². The summed E-state index contributed by atoms with van der Waals surface area (Å²) in [5, 5.41) is -0.0202. The van der Waals surface area contributed by atoms with Crippen molar-refractivity contribution in [1.29, 1.82) is 0 Å². The van der Waals surface area contributed by atoms with Crippen molar-refractivity contribution in [2.75, 3.05) is 20.7 Å². The van der Waals surface area contributed by atoms with E-state index < -0.39 is 0 Å². The predicted octanol–water partition coefficient (Wildman–Crippen LogP) is 2.57. The molecule has 0 aliphatic heterocycles. The normalized spacial score (nSPS) is 9.94. The molecule has 0 aromatic heterocycles. The number of thioether (sulfide) groups is 1. The molecule has 18 heavy (non-hydrogen) atoms. The number of carbonyl (C=O) groups excluding carboxylic acids is 2. The maximum Gasteiger partial charge on any atom is 0.310 e. The Kier molecular flexibility index (Phi) is 5.71. The van der Waals surface area contributed by atoms with E-state index in [4.69, 9.17) is 4.74 Å². The fourth-order valence-corrected chi connectivity index (χ4v) is 1.90. The van der Waals surface area contributed by atoms with Gasteiger partial charge >= 0.3 is 5.97 Å². The molecule has 0 radical (unpaired) electrons. The van der Waals surface area contributed by atoms with Gasteiger partial charge in [0.25, 0.3) is 5.24 Å². The van der Waals surface area contributed by atoms with Gasteiger partial charge in [-0.05, 0) is 36.4 Å². The Balaban J connectivity index is 2.57. The Bertz CT molecular complexity index is 415. The van der Waals surface area contributed by atoms with Crippen LogP contribution >= 0.6 is 11.8 Å². The van der Waals surface area contributed by atoms with Crippen LogP contribution in [0.1, 0.15) is 12.5 Å². The number of esters is 1. The average Bonchev–Trinajstić information content (AvgIpc) is 2.31. The first-order valence-electron chi connectivity index (χ1n) is 5.66. The molecular weight excluding hydrogens is 250 g/mol. The lowest BCUT2D eigenvalue weighted by atomic mass is 10.1. The summed E-state index contributed by atoms with van der Waals surface area (Å²) in [4.78, 5) is 25.1. The van der Waals surface area contributed by atoms with Gasteiger partial charge in [0.1, 0.15) is 0 Å². The molecule has 0 aliphatic rings. The zero-order valence-electron chi connectivity index (χ0n) is 10.8. The molecule has 4 nitrogen and oxygen atoms in total. The van der Waals surface area contributed by atoms with E-state index in [1.807, 2.05) is 24.3 Å². The van der Waals surface area contributed by atoms with Crippen LogP contribution in [0.5, 0.6) is 0 Å². The van der Waals surface area contributed by atoms with Crippen molar-refractivity contribution in [3.63, 3.8) is 0 Å². The summed E-state index contributed by atoms with van der Waals surface area (Å²) in [5.41, 5.74) is 0.884. The van der Waals surface area contributed by atoms with Gasteiger partial charge in [-0.2, -0.15) is 0 Å². The molecule has 1 aromatic carbocycles. The number of amides is 1. The Hall–Kier alpha value is -1.49. The number of nitrogens with zero attached hydrogens (tertiary/aromatic N) is 1. The minimum absolute atomic E-state index is 0.0202. The molecule has 0 unspecified atom stereocenters. The molecule has 1 rings (SSSR count). The lowest BCUT2D eigenvalue weighted by Crippen LogP contribution is -2.15. The highest BCUT2D eigenvalue weighted by Gasteiger charge is 2.07. The van der Waals surface area contributed by atoms with E-state index in [1.54, 1.807) is 21.0 Å². The predicted molar refractivity (Wildman–Crippen MR) is 71.7 cm³/mol. The summed E-state index contributed by atoms with van der Waals surface area (Å²) in [5.74, 6) is -0.234. The number of benzene rings is 1. The second-order valence-corrected chi connectivity index (χ2v) is 4.91. The molecule has 0 heterocycles. The van der Waals surface area contributed by atoms with Gasteiger partial charge in [0.15, 0.2) is 0 Å². The third-order valence-electron chi connectivity index (χ3n) is 2.15. The molecular formula is C13H17NO3S. The monoisotopic (exact) mass is 267 g/mol. The highest BCUT2D eigenvalue weighted by molar-refractivity contribution is 8.13. The highest BCUT2D eigenvalue weighted by Crippen LogP contribution is 2.21. The molecule has 0 saturated carbocycles. The van der Waals surface area contributed by atoms with Gasteiger partial charge in [-0.3, -0.25) is 9.59 Å². The van der Waals surface area contributed by atoms with Gasteiger partial charge in [0.05, 0.1) is 13.0 Å². The van der Waals surface area contributed by atoms with Crippen LogP contribution in [0.15, 0.2) is 29.2 Å². The summed E-state index contributed by atoms with van der Waals surface area (Å²) in [6, 6.07) is 7.34. The van der Waals surface area contributed by atoms with Crippen molar-refractivity contribution < 1.29 is 14.3 Å². The van der Waals surface area contributed by atoms with Crippen LogP contribution < -0.4 is 0 Å². The Morgan fingerprint density at radius 2 is 1.83 bits per heavy atom. The topological polar surface area (TPSA) is 46.6 Å². The maximum atomic E-state index is 11.5. The van der Waals surface area contributed by atoms with Crippen LogP contribution in [0.2, 0.25) is 0 Å². The average molecular weight is 267 g/mol. The smallest absolute Gasteiger partial charge is 0.310 e. The molecule has 0 saturated heterocycles. The molecule has 0 N–H and O–H groups in total. The fourth-order valence-electron chi connectivity index (χ4n) is 1.25. The molecule has 0 atom stereocenters. The third-order valence-corrected chi connectivity index (χ3v) is 3.20. The van der Waals surface area contributed by atoms with E-state index in [2.05, 4.69) is 0 Å². The van der Waals surface area contributed by atoms with Crippen LogP contribution in [0, 0.1) is 0 Å². The lowest BCUT2D eigenvalue weighted by molar-refractivity contribution is -0.142. The van der Waals surface area contributed by atoms with Crippen molar-refractivity contribution in [2.45, 2.75) is 18.2 Å². The van der Waals surface area contributed by atoms with Crippen molar-refractivity contribution in [3.8, 4) is 0 Å². The number of hydrogen-bond donors (Lipinski definition) is 0. The van der Waals surface area contributed by atoms with Crippen LogP contribution in [0.3, 0.4) is 0 Å². The molecule has 0 aliphatic carbocycles. The van der Waals surface area contributed by atoms with Gasteiger partial charge < -0.3 is 9.64 Å². The van der Waals surface area contributed by atoms with Crippen LogP contribution in [0.25, 0.3) is 0 Å². The number of ether oxygens (including phenoxy) is 1. The summed E-state index contributed by atoms with van der Waals surface area (Å²) in [6.07, 6.45) is 0.264. The standard InChI is InChI=1S/C13H17NO3S/c1-4-17-12(15)9-10-5-7-11(8-6-10)18-13(16)14(2)3/h5-8H,4,9H2,1-3H3. The van der Waals surface area contributed by atoms with Gasteiger partial charge in [-0.25, -0.2) is 0 Å². The first kappa shape index (κ1) is 14.6. The van der Waals surface area contributed by atoms with Gasteiger partial charge in [0.2, 0.25) is 0 Å². The second-order valence-electron chi connectivity index (χ2n) is 3.89. The SMILES string of the molecule is CCOC(=O)Cc1ccc(SC(=O)N(C)C)cc1. The molecule has 5 heteroatoms. The Labute approximate surface area is 111 Å². The largest absolute Gasteiger partial charge is 0.466 e. The van der Waals surface area contributed by atoms with Crippen molar-refractivity contribution in [3.05, 3.63) is 29.8 Å². The summed E-state index contributed by atoms with van der Waals surface area (Å²) >= 11 is 1.16. The molecule has 0 bridgehead atoms. The minimum atomic E-state index is -0.234. The number of rotatable bonds is 4. The zero-order chi connectivity index (χ0) is 13.5. The fraction of sp³-hybridized carbons (Fsp3) is 0.385. The quantitative estimate of drug-likeness (QED) is 0.621. The maximum absolute atomic E-state index is 11.5. The summed E-state index contributed by atoms with van der Waals surface area (Å²) in [6.45, 7) is 2.18. The van der Waals surface area contributed by atoms with E-state index in [-0.39, 0.29) is 17.6 Å². The third kappa shape index (κ3) is 4.79. The second kappa shape index (κ2) is 7.06. The van der Waals surface area contributed by atoms with Gasteiger partial charge in [-0.15, -0.1) is 0 Å². The molecule has 0 spiro atoms. The van der Waals surface area contributed by atoms with Crippen molar-refractivity contribution >= 4 is 23.0 Å². The molecule has 0 fully saturated rings. The Morgan fingerprint density at radius 3 is 2.33 bits per heavy atom. The van der Waals surface area contributed by atoms with Crippen LogP contribution in [0.4, 0.5) is 4.79 Å². The van der Waals surface area contributed by atoms with E-state index in [9.17, 15) is 9.59 Å². The highest BCUT2D eigenvalue weighted by atomic mass is 32.2. The van der Waals surface area contributed by atoms with E-state index in [0.29, 0.717) is 6.61 Å². The van der Waals surface area contributed by atoms with E-state index in [0.717, 1.165) is 22.2 Å². The van der Waals surface area contributed by atoms with Crippen molar-refractivity contribution in [2.24, 2.45) is 0 Å². The molecule has 1 amide bonds. The Morgan fingerprint density at radius 1 is 1.22 bits per heavy atom. The first-order valence-corrected chi connectivity index (χ1v) is 6.48. The number of carbonyl (C=O) groups is 2. The minimum Gasteiger partial charge on any atom is -0.466 e. The summed E-state index contributed by atoms with van der Waals surface area (Å²) in [7, 11) is 3.43. The molecule has 98 valence electrons. The van der Waals surface area contributed by atoms with Crippen LogP contribution in [-0.2, 0) is 16.0 Å². The first-order chi connectivity index (χ1) is 8.52. The molecule has 1 aromatic rings.